The first kappa shape index (κ1) is 33.0. The molecule has 0 amide bonds. The zero-order valence-corrected chi connectivity index (χ0v) is 30.4. The van der Waals surface area contributed by atoms with Crippen LogP contribution in [0, 0.1) is 0 Å². The number of pyridine rings is 1. The number of nitrogens with zero attached hydrogens (tertiary/aromatic N) is 4. The normalized spacial score (nSPS) is 11.2. The highest BCUT2D eigenvalue weighted by Crippen LogP contribution is 2.40. The van der Waals surface area contributed by atoms with Crippen LogP contribution in [-0.2, 0) is 0 Å². The third-order valence-corrected chi connectivity index (χ3v) is 10.3. The van der Waals surface area contributed by atoms with Gasteiger partial charge in [0.1, 0.15) is 0 Å². The Kier molecular flexibility index (Phi) is 8.47. The van der Waals surface area contributed by atoms with E-state index in [4.69, 9.17) is 19.9 Å². The maximum Gasteiger partial charge on any atom is 0.164 e. The van der Waals surface area contributed by atoms with Gasteiger partial charge in [-0.15, -0.1) is 0 Å². The Morgan fingerprint density at radius 3 is 1.29 bits per heavy atom. The fraction of sp³-hybridized carbons (Fsp3) is 0. The summed E-state index contributed by atoms with van der Waals surface area (Å²) >= 11 is 0. The van der Waals surface area contributed by atoms with Crippen molar-refractivity contribution in [1.82, 2.24) is 19.9 Å². The summed E-state index contributed by atoms with van der Waals surface area (Å²) in [6.45, 7) is 0. The zero-order valence-electron chi connectivity index (χ0n) is 30.4. The third-order valence-electron chi connectivity index (χ3n) is 10.3. The van der Waals surface area contributed by atoms with Crippen molar-refractivity contribution in [3.05, 3.63) is 206 Å². The van der Waals surface area contributed by atoms with Crippen LogP contribution in [0.25, 0.3) is 100 Å². The Labute approximate surface area is 325 Å². The molecule has 0 radical (unpaired) electrons. The van der Waals surface area contributed by atoms with Crippen LogP contribution < -0.4 is 0 Å². The Bertz CT molecular complexity index is 2930. The van der Waals surface area contributed by atoms with Crippen molar-refractivity contribution in [2.24, 2.45) is 0 Å². The molecule has 10 rings (SSSR count). The van der Waals surface area contributed by atoms with E-state index in [1.165, 1.54) is 27.6 Å². The number of aromatic nitrogens is 4. The van der Waals surface area contributed by atoms with Gasteiger partial charge in [-0.2, -0.15) is 0 Å². The highest BCUT2D eigenvalue weighted by atomic mass is 15.0. The standard InChI is InChI=1S/C52H34N4/c1-5-15-35(16-6-1)41-23-13-24-43(33-41)44-25-14-26-46-48(44)45-32-31-42(34-47(45)53-49(46)37-17-7-2-8-18-37)36-27-29-40(30-28-36)52-55-50(38-19-9-3-10-20-38)54-51(56-52)39-21-11-4-12-22-39/h1-34H. The van der Waals surface area contributed by atoms with Gasteiger partial charge in [-0.3, -0.25) is 0 Å². The molecule has 0 N–H and O–H groups in total. The molecule has 0 aliphatic heterocycles. The van der Waals surface area contributed by atoms with Crippen molar-refractivity contribution in [3.8, 4) is 78.8 Å². The van der Waals surface area contributed by atoms with Crippen LogP contribution in [0.4, 0.5) is 0 Å². The minimum absolute atomic E-state index is 0.632. The van der Waals surface area contributed by atoms with Crippen molar-refractivity contribution >= 4 is 21.7 Å². The number of hydrogen-bond donors (Lipinski definition) is 0. The fourth-order valence-electron chi connectivity index (χ4n) is 7.54. The Morgan fingerprint density at radius 1 is 0.250 bits per heavy atom. The molecule has 4 nitrogen and oxygen atoms in total. The second-order valence-electron chi connectivity index (χ2n) is 13.8. The summed E-state index contributed by atoms with van der Waals surface area (Å²) in [4.78, 5) is 20.1. The first-order valence-corrected chi connectivity index (χ1v) is 18.8. The van der Waals surface area contributed by atoms with E-state index in [9.17, 15) is 0 Å². The SMILES string of the molecule is c1ccc(-c2cccc(-c3cccc4c(-c5ccccc5)nc5cc(-c6ccc(-c7nc(-c8ccccc8)nc(-c8ccccc8)n7)cc6)ccc5c34)c2)cc1. The fourth-order valence-corrected chi connectivity index (χ4v) is 7.54. The summed E-state index contributed by atoms with van der Waals surface area (Å²) in [5.41, 5.74) is 12.7. The molecular formula is C52H34N4. The number of hydrogen-bond acceptors (Lipinski definition) is 4. The van der Waals surface area contributed by atoms with Gasteiger partial charge in [0.2, 0.25) is 0 Å². The van der Waals surface area contributed by atoms with E-state index in [0.717, 1.165) is 55.4 Å². The van der Waals surface area contributed by atoms with E-state index in [2.05, 4.69) is 146 Å². The van der Waals surface area contributed by atoms with E-state index >= 15 is 0 Å². The molecule has 0 fully saturated rings. The lowest BCUT2D eigenvalue weighted by Gasteiger charge is -2.16. The Hall–Kier alpha value is -7.56. The number of rotatable bonds is 7. The topological polar surface area (TPSA) is 51.6 Å². The molecule has 0 saturated carbocycles. The van der Waals surface area contributed by atoms with Gasteiger partial charge in [-0.1, -0.05) is 194 Å². The van der Waals surface area contributed by atoms with Crippen LogP contribution >= 0.6 is 0 Å². The maximum atomic E-state index is 5.37. The average molecular weight is 715 g/mol. The predicted octanol–water partition coefficient (Wildman–Crippen LogP) is 13.2. The molecule has 2 heterocycles. The highest BCUT2D eigenvalue weighted by Gasteiger charge is 2.17. The van der Waals surface area contributed by atoms with Gasteiger partial charge in [0.05, 0.1) is 11.2 Å². The van der Waals surface area contributed by atoms with Crippen molar-refractivity contribution < 1.29 is 0 Å². The lowest BCUT2D eigenvalue weighted by atomic mass is 9.91. The van der Waals surface area contributed by atoms with Crippen LogP contribution in [0.2, 0.25) is 0 Å². The van der Waals surface area contributed by atoms with Crippen molar-refractivity contribution in [2.75, 3.05) is 0 Å². The van der Waals surface area contributed by atoms with Crippen molar-refractivity contribution in [3.63, 3.8) is 0 Å². The maximum absolute atomic E-state index is 5.37. The molecule has 0 unspecified atom stereocenters. The third kappa shape index (κ3) is 6.29. The molecule has 0 aliphatic rings. The van der Waals surface area contributed by atoms with E-state index in [1.54, 1.807) is 0 Å². The largest absolute Gasteiger partial charge is 0.247 e. The van der Waals surface area contributed by atoms with Crippen molar-refractivity contribution in [1.29, 1.82) is 0 Å². The lowest BCUT2D eigenvalue weighted by molar-refractivity contribution is 1.07. The summed E-state index contributed by atoms with van der Waals surface area (Å²) in [6.07, 6.45) is 0. The minimum atomic E-state index is 0.632. The molecule has 0 spiro atoms. The van der Waals surface area contributed by atoms with Gasteiger partial charge >= 0.3 is 0 Å². The summed E-state index contributed by atoms with van der Waals surface area (Å²) in [7, 11) is 0. The Morgan fingerprint density at radius 2 is 0.679 bits per heavy atom. The summed E-state index contributed by atoms with van der Waals surface area (Å²) in [5, 5.41) is 3.44. The molecule has 8 aromatic carbocycles. The van der Waals surface area contributed by atoms with Gasteiger partial charge in [-0.05, 0) is 45.5 Å². The van der Waals surface area contributed by atoms with Crippen molar-refractivity contribution in [2.45, 2.75) is 0 Å². The van der Waals surface area contributed by atoms with Crippen LogP contribution in [0.5, 0.6) is 0 Å². The lowest BCUT2D eigenvalue weighted by Crippen LogP contribution is -2.00. The number of benzene rings is 8. The molecule has 0 atom stereocenters. The van der Waals surface area contributed by atoms with E-state index < -0.39 is 0 Å². The highest BCUT2D eigenvalue weighted by molar-refractivity contribution is 6.17. The van der Waals surface area contributed by atoms with Gasteiger partial charge in [0.15, 0.2) is 17.5 Å². The molecule has 56 heavy (non-hydrogen) atoms. The van der Waals surface area contributed by atoms with Gasteiger partial charge in [0, 0.05) is 38.4 Å². The van der Waals surface area contributed by atoms with Gasteiger partial charge in [-0.25, -0.2) is 19.9 Å². The quantitative estimate of drug-likeness (QED) is 0.154. The van der Waals surface area contributed by atoms with E-state index in [0.29, 0.717) is 17.5 Å². The van der Waals surface area contributed by atoms with Crippen LogP contribution in [0.15, 0.2) is 206 Å². The zero-order chi connectivity index (χ0) is 37.3. The molecule has 2 aromatic heterocycles. The first-order valence-electron chi connectivity index (χ1n) is 18.8. The van der Waals surface area contributed by atoms with Gasteiger partial charge in [0.25, 0.3) is 0 Å². The average Bonchev–Trinajstić information content (AvgIpc) is 3.29. The van der Waals surface area contributed by atoms with Gasteiger partial charge < -0.3 is 0 Å². The monoisotopic (exact) mass is 714 g/mol. The van der Waals surface area contributed by atoms with E-state index in [1.807, 2.05) is 60.7 Å². The minimum Gasteiger partial charge on any atom is -0.247 e. The smallest absolute Gasteiger partial charge is 0.164 e. The number of fused-ring (bicyclic) bond motifs is 3. The Balaban J connectivity index is 1.09. The summed E-state index contributed by atoms with van der Waals surface area (Å²) in [5.74, 6) is 1.92. The van der Waals surface area contributed by atoms with Crippen LogP contribution in [0.1, 0.15) is 0 Å². The molecule has 0 aliphatic carbocycles. The molecule has 10 aromatic rings. The molecule has 262 valence electrons. The molecule has 4 heteroatoms. The molecule has 0 bridgehead atoms. The van der Waals surface area contributed by atoms with Crippen LogP contribution in [0.3, 0.4) is 0 Å². The van der Waals surface area contributed by atoms with E-state index in [-0.39, 0.29) is 0 Å². The summed E-state index contributed by atoms with van der Waals surface area (Å²) < 4.78 is 0. The second kappa shape index (κ2) is 14.3. The summed E-state index contributed by atoms with van der Waals surface area (Å²) in [6, 6.07) is 71.8. The predicted molar refractivity (Wildman–Crippen MR) is 231 cm³/mol. The van der Waals surface area contributed by atoms with Crippen LogP contribution in [-0.4, -0.2) is 19.9 Å². The molecular weight excluding hydrogens is 681 g/mol. The first-order chi connectivity index (χ1) is 27.7. The second-order valence-corrected chi connectivity index (χ2v) is 13.8. The molecule has 0 saturated heterocycles.